The van der Waals surface area contributed by atoms with E-state index in [2.05, 4.69) is 0 Å². The van der Waals surface area contributed by atoms with Crippen LogP contribution in [-0.2, 0) is 4.79 Å². The summed E-state index contributed by atoms with van der Waals surface area (Å²) in [6.07, 6.45) is 0.735. The van der Waals surface area contributed by atoms with Crippen LogP contribution < -0.4 is 14.4 Å². The molecule has 7 nitrogen and oxygen atoms in total. The molecule has 3 aliphatic heterocycles. The highest BCUT2D eigenvalue weighted by Crippen LogP contribution is 2.36. The first kappa shape index (κ1) is 18.9. The van der Waals surface area contributed by atoms with Gasteiger partial charge < -0.3 is 19.3 Å². The number of piperazine rings is 1. The van der Waals surface area contributed by atoms with Gasteiger partial charge in [-0.1, -0.05) is 6.07 Å². The summed E-state index contributed by atoms with van der Waals surface area (Å²) >= 11 is 0. The van der Waals surface area contributed by atoms with Gasteiger partial charge in [-0.05, 0) is 49.9 Å². The quantitative estimate of drug-likeness (QED) is 0.758. The predicted octanol–water partition coefficient (Wildman–Crippen LogP) is 2.12. The Morgan fingerprint density at radius 1 is 1.10 bits per heavy atom. The van der Waals surface area contributed by atoms with Crippen LogP contribution in [0.1, 0.15) is 16.8 Å². The third-order valence-corrected chi connectivity index (χ3v) is 6.29. The number of ether oxygens (including phenoxy) is 2. The molecule has 2 fully saturated rings. The van der Waals surface area contributed by atoms with Crippen LogP contribution >= 0.6 is 0 Å². The molecule has 156 valence electrons. The normalized spacial score (nSPS) is 23.5. The average Bonchev–Trinajstić information content (AvgIpc) is 3.38. The van der Waals surface area contributed by atoms with Crippen LogP contribution in [0.3, 0.4) is 0 Å². The molecule has 2 amide bonds. The number of fused-ring (bicyclic) bond motifs is 1. The Kier molecular flexibility index (Phi) is 4.39. The number of halogens is 1. The molecular formula is C22H22FN3O4. The van der Waals surface area contributed by atoms with Crippen molar-refractivity contribution >= 4 is 17.5 Å². The average molecular weight is 411 g/mol. The van der Waals surface area contributed by atoms with Gasteiger partial charge in [0.15, 0.2) is 11.5 Å². The highest BCUT2D eigenvalue weighted by molar-refractivity contribution is 5.97. The van der Waals surface area contributed by atoms with Crippen LogP contribution in [0.15, 0.2) is 42.5 Å². The maximum absolute atomic E-state index is 13.7. The standard InChI is InChI=1S/C22H22FN3O4/c1-24-11-20(27)26(17-4-2-3-16(23)10-17)13-22(24)7-8-25(12-22)21(28)15-5-6-18-19(9-15)30-14-29-18/h2-6,9-10H,7-8,11-14H2,1H3/t22-/m0/s1. The zero-order valence-corrected chi connectivity index (χ0v) is 16.6. The van der Waals surface area contributed by atoms with Crippen LogP contribution in [-0.4, -0.2) is 67.2 Å². The number of benzene rings is 2. The van der Waals surface area contributed by atoms with Gasteiger partial charge in [-0.3, -0.25) is 14.5 Å². The molecule has 0 bridgehead atoms. The minimum Gasteiger partial charge on any atom is -0.454 e. The van der Waals surface area contributed by atoms with E-state index in [1.54, 1.807) is 35.2 Å². The second-order valence-corrected chi connectivity index (χ2v) is 8.08. The van der Waals surface area contributed by atoms with Gasteiger partial charge in [0.25, 0.3) is 5.91 Å². The number of anilines is 1. The van der Waals surface area contributed by atoms with Gasteiger partial charge in [0.05, 0.1) is 12.1 Å². The highest BCUT2D eigenvalue weighted by atomic mass is 19.1. The van der Waals surface area contributed by atoms with E-state index in [9.17, 15) is 14.0 Å². The molecule has 0 N–H and O–H groups in total. The minimum absolute atomic E-state index is 0.0747. The number of likely N-dealkylation sites (N-methyl/N-ethyl adjacent to an activating group) is 1. The fourth-order valence-electron chi connectivity index (χ4n) is 4.52. The van der Waals surface area contributed by atoms with E-state index >= 15 is 0 Å². The first-order valence-electron chi connectivity index (χ1n) is 9.91. The van der Waals surface area contributed by atoms with Gasteiger partial charge in [0.2, 0.25) is 12.7 Å². The summed E-state index contributed by atoms with van der Waals surface area (Å²) in [5.74, 6) is 0.689. The van der Waals surface area contributed by atoms with Crippen molar-refractivity contribution in [2.45, 2.75) is 12.0 Å². The lowest BCUT2D eigenvalue weighted by Gasteiger charge is -2.46. The Bertz CT molecular complexity index is 1030. The zero-order valence-electron chi connectivity index (χ0n) is 16.6. The monoisotopic (exact) mass is 411 g/mol. The lowest BCUT2D eigenvalue weighted by molar-refractivity contribution is -0.123. The number of amides is 2. The molecule has 2 aromatic carbocycles. The molecule has 3 heterocycles. The lowest BCUT2D eigenvalue weighted by atomic mass is 9.92. The minimum atomic E-state index is -0.376. The summed E-state index contributed by atoms with van der Waals surface area (Å²) in [5.41, 5.74) is 0.729. The molecule has 5 rings (SSSR count). The molecule has 2 aromatic rings. The number of hydrogen-bond acceptors (Lipinski definition) is 5. The van der Waals surface area contributed by atoms with Gasteiger partial charge in [-0.15, -0.1) is 0 Å². The van der Waals surface area contributed by atoms with Crippen LogP contribution in [0.4, 0.5) is 10.1 Å². The summed E-state index contributed by atoms with van der Waals surface area (Å²) in [6, 6.07) is 11.3. The number of rotatable bonds is 2. The van der Waals surface area contributed by atoms with E-state index in [4.69, 9.17) is 9.47 Å². The molecule has 0 aromatic heterocycles. The smallest absolute Gasteiger partial charge is 0.254 e. The van der Waals surface area contributed by atoms with Gasteiger partial charge in [0, 0.05) is 30.9 Å². The van der Waals surface area contributed by atoms with Crippen molar-refractivity contribution in [3.05, 3.63) is 53.8 Å². The van der Waals surface area contributed by atoms with E-state index in [1.807, 2.05) is 16.8 Å². The number of likely N-dealkylation sites (tertiary alicyclic amines) is 1. The molecule has 0 aliphatic carbocycles. The third kappa shape index (κ3) is 3.08. The van der Waals surface area contributed by atoms with E-state index in [-0.39, 0.29) is 36.5 Å². The highest BCUT2D eigenvalue weighted by Gasteiger charge is 2.48. The lowest BCUT2D eigenvalue weighted by Crippen LogP contribution is -2.64. The van der Waals surface area contributed by atoms with E-state index < -0.39 is 0 Å². The summed E-state index contributed by atoms with van der Waals surface area (Å²) < 4.78 is 24.4. The van der Waals surface area contributed by atoms with Crippen molar-refractivity contribution in [1.29, 1.82) is 0 Å². The Hall–Kier alpha value is -3.13. The van der Waals surface area contributed by atoms with Crippen LogP contribution in [0.2, 0.25) is 0 Å². The first-order chi connectivity index (χ1) is 14.4. The number of carbonyl (C=O) groups excluding carboxylic acids is 2. The van der Waals surface area contributed by atoms with Crippen molar-refractivity contribution in [2.75, 3.05) is 44.9 Å². The zero-order chi connectivity index (χ0) is 20.9. The van der Waals surface area contributed by atoms with E-state index in [0.717, 1.165) is 6.42 Å². The fourth-order valence-corrected chi connectivity index (χ4v) is 4.52. The molecule has 0 saturated carbocycles. The van der Waals surface area contributed by atoms with Gasteiger partial charge in [-0.25, -0.2) is 4.39 Å². The van der Waals surface area contributed by atoms with Crippen molar-refractivity contribution in [3.63, 3.8) is 0 Å². The molecule has 1 atom stereocenters. The van der Waals surface area contributed by atoms with Crippen molar-refractivity contribution < 1.29 is 23.5 Å². The van der Waals surface area contributed by atoms with Crippen LogP contribution in [0.25, 0.3) is 0 Å². The number of hydrogen-bond donors (Lipinski definition) is 0. The summed E-state index contributed by atoms with van der Waals surface area (Å²) in [7, 11) is 1.91. The Labute approximate surface area is 173 Å². The Balaban J connectivity index is 1.37. The van der Waals surface area contributed by atoms with Crippen molar-refractivity contribution in [1.82, 2.24) is 9.80 Å². The number of carbonyl (C=O) groups is 2. The summed E-state index contributed by atoms with van der Waals surface area (Å²) in [6.45, 7) is 1.88. The second kappa shape index (κ2) is 6.98. The SMILES string of the molecule is CN1CC(=O)N(c2cccc(F)c2)C[C@@]12CCN(C(=O)c1ccc3c(c1)OCO3)C2. The largest absolute Gasteiger partial charge is 0.454 e. The maximum Gasteiger partial charge on any atom is 0.254 e. The van der Waals surface area contributed by atoms with Crippen molar-refractivity contribution in [3.8, 4) is 11.5 Å². The predicted molar refractivity (Wildman–Crippen MR) is 107 cm³/mol. The molecule has 8 heteroatoms. The maximum atomic E-state index is 13.7. The molecule has 0 radical (unpaired) electrons. The second-order valence-electron chi connectivity index (χ2n) is 8.08. The topological polar surface area (TPSA) is 62.3 Å². The van der Waals surface area contributed by atoms with E-state index in [0.29, 0.717) is 42.4 Å². The molecule has 30 heavy (non-hydrogen) atoms. The summed E-state index contributed by atoms with van der Waals surface area (Å²) in [4.78, 5) is 31.3. The third-order valence-electron chi connectivity index (χ3n) is 6.29. The molecule has 2 saturated heterocycles. The van der Waals surface area contributed by atoms with E-state index in [1.165, 1.54) is 12.1 Å². The number of nitrogens with zero attached hydrogens (tertiary/aromatic N) is 3. The van der Waals surface area contributed by atoms with Gasteiger partial charge in [0.1, 0.15) is 5.82 Å². The molecule has 3 aliphatic rings. The summed E-state index contributed by atoms with van der Waals surface area (Å²) in [5, 5.41) is 0. The fraction of sp³-hybridized carbons (Fsp3) is 0.364. The molecular weight excluding hydrogens is 389 g/mol. The van der Waals surface area contributed by atoms with Crippen LogP contribution in [0.5, 0.6) is 11.5 Å². The van der Waals surface area contributed by atoms with Gasteiger partial charge in [-0.2, -0.15) is 0 Å². The Morgan fingerprint density at radius 3 is 2.77 bits per heavy atom. The molecule has 0 unspecified atom stereocenters. The van der Waals surface area contributed by atoms with Crippen LogP contribution in [0, 0.1) is 5.82 Å². The first-order valence-corrected chi connectivity index (χ1v) is 9.91. The Morgan fingerprint density at radius 2 is 1.93 bits per heavy atom. The molecule has 1 spiro atoms. The van der Waals surface area contributed by atoms with Gasteiger partial charge >= 0.3 is 0 Å². The van der Waals surface area contributed by atoms with Crippen molar-refractivity contribution in [2.24, 2.45) is 0 Å².